The molecule has 0 spiro atoms. The molecule has 1 aromatic heterocycles. The van der Waals surface area contributed by atoms with Gasteiger partial charge in [0, 0.05) is 18.7 Å². The lowest BCUT2D eigenvalue weighted by molar-refractivity contribution is 0.182. The molecule has 4 heteroatoms. The van der Waals surface area contributed by atoms with Crippen LogP contribution in [-0.2, 0) is 6.54 Å². The van der Waals surface area contributed by atoms with E-state index in [1.807, 2.05) is 13.8 Å². The van der Waals surface area contributed by atoms with Crippen LogP contribution in [0.15, 0.2) is 4.52 Å². The molecular weight excluding hydrogens is 214 g/mol. The summed E-state index contributed by atoms with van der Waals surface area (Å²) in [6.45, 7) is 14.1. The molecule has 0 bridgehead atoms. The molecule has 0 aromatic carbocycles. The Labute approximate surface area is 104 Å². The Morgan fingerprint density at radius 2 is 2.00 bits per heavy atom. The Hall–Kier alpha value is -0.870. The van der Waals surface area contributed by atoms with Crippen molar-refractivity contribution in [1.29, 1.82) is 0 Å². The molecule has 4 nitrogen and oxygen atoms in total. The summed E-state index contributed by atoms with van der Waals surface area (Å²) in [5, 5.41) is 3.99. The molecule has 0 aliphatic heterocycles. The largest absolute Gasteiger partial charge is 0.361 e. The smallest absolute Gasteiger partial charge is 0.138 e. The minimum atomic E-state index is 0.148. The zero-order valence-corrected chi connectivity index (χ0v) is 11.7. The lowest BCUT2D eigenvalue weighted by Gasteiger charge is -2.30. The van der Waals surface area contributed by atoms with Gasteiger partial charge in [-0.3, -0.25) is 4.90 Å². The molecule has 0 unspecified atom stereocenters. The molecule has 0 aliphatic carbocycles. The van der Waals surface area contributed by atoms with Gasteiger partial charge in [0.25, 0.3) is 0 Å². The highest BCUT2D eigenvalue weighted by Gasteiger charge is 2.21. The van der Waals surface area contributed by atoms with Crippen molar-refractivity contribution >= 4 is 0 Å². The van der Waals surface area contributed by atoms with Crippen molar-refractivity contribution in [2.24, 2.45) is 11.1 Å². The normalized spacial score (nSPS) is 12.4. The molecule has 1 heterocycles. The van der Waals surface area contributed by atoms with Crippen LogP contribution in [-0.4, -0.2) is 29.7 Å². The highest BCUT2D eigenvalue weighted by molar-refractivity contribution is 5.20. The third kappa shape index (κ3) is 3.82. The van der Waals surface area contributed by atoms with Crippen molar-refractivity contribution in [2.45, 2.75) is 41.2 Å². The Balaban J connectivity index is 2.71. The second-order valence-electron chi connectivity index (χ2n) is 5.47. The zero-order chi connectivity index (χ0) is 13.1. The molecule has 2 N–H and O–H groups in total. The summed E-state index contributed by atoms with van der Waals surface area (Å²) in [5.74, 6) is 0.923. The van der Waals surface area contributed by atoms with Crippen LogP contribution < -0.4 is 5.73 Å². The Kier molecular flexibility index (Phi) is 4.71. The van der Waals surface area contributed by atoms with E-state index in [1.165, 1.54) is 5.56 Å². The highest BCUT2D eigenvalue weighted by Crippen LogP contribution is 2.19. The first-order valence-corrected chi connectivity index (χ1v) is 6.24. The summed E-state index contributed by atoms with van der Waals surface area (Å²) in [4.78, 5) is 2.39. The third-order valence-electron chi connectivity index (χ3n) is 3.21. The maximum Gasteiger partial charge on any atom is 0.138 e. The molecule has 0 amide bonds. The predicted octanol–water partition coefficient (Wildman–Crippen LogP) is 2.10. The zero-order valence-electron chi connectivity index (χ0n) is 11.7. The Bertz CT molecular complexity index is 338. The van der Waals surface area contributed by atoms with E-state index in [1.54, 1.807) is 0 Å². The van der Waals surface area contributed by atoms with Gasteiger partial charge >= 0.3 is 0 Å². The first kappa shape index (κ1) is 14.2. The summed E-state index contributed by atoms with van der Waals surface area (Å²) >= 11 is 0. The van der Waals surface area contributed by atoms with Crippen LogP contribution in [0.4, 0.5) is 0 Å². The van der Waals surface area contributed by atoms with Crippen LogP contribution >= 0.6 is 0 Å². The summed E-state index contributed by atoms with van der Waals surface area (Å²) in [5.41, 5.74) is 8.13. The lowest BCUT2D eigenvalue weighted by atomic mass is 9.93. The fraction of sp³-hybridized carbons (Fsp3) is 0.769. The number of aromatic nitrogens is 1. The fourth-order valence-electron chi connectivity index (χ4n) is 1.90. The van der Waals surface area contributed by atoms with Gasteiger partial charge in [-0.1, -0.05) is 25.9 Å². The molecule has 1 rings (SSSR count). The standard InChI is InChI=1S/C13H25N3O/c1-6-16(9-13(4,5)8-14)7-12-10(2)15-17-11(12)3/h6-9,14H2,1-5H3. The number of hydrogen-bond donors (Lipinski definition) is 1. The number of aryl methyl sites for hydroxylation is 2. The topological polar surface area (TPSA) is 55.3 Å². The van der Waals surface area contributed by atoms with Gasteiger partial charge in [0.15, 0.2) is 0 Å². The van der Waals surface area contributed by atoms with Crippen LogP contribution in [0, 0.1) is 19.3 Å². The molecule has 0 saturated heterocycles. The minimum absolute atomic E-state index is 0.148. The minimum Gasteiger partial charge on any atom is -0.361 e. The Morgan fingerprint density at radius 3 is 2.41 bits per heavy atom. The van der Waals surface area contributed by atoms with Crippen LogP contribution in [0.1, 0.15) is 37.8 Å². The first-order chi connectivity index (χ1) is 7.89. The van der Waals surface area contributed by atoms with E-state index in [-0.39, 0.29) is 5.41 Å². The van der Waals surface area contributed by atoms with E-state index >= 15 is 0 Å². The number of nitrogens with zero attached hydrogens (tertiary/aromatic N) is 2. The van der Waals surface area contributed by atoms with Crippen LogP contribution in [0.2, 0.25) is 0 Å². The van der Waals surface area contributed by atoms with Crippen molar-refractivity contribution in [3.63, 3.8) is 0 Å². The van der Waals surface area contributed by atoms with Crippen LogP contribution in [0.5, 0.6) is 0 Å². The third-order valence-corrected chi connectivity index (χ3v) is 3.21. The van der Waals surface area contributed by atoms with Crippen LogP contribution in [0.25, 0.3) is 0 Å². The van der Waals surface area contributed by atoms with Crippen molar-refractivity contribution < 1.29 is 4.52 Å². The summed E-state index contributed by atoms with van der Waals surface area (Å²) in [6, 6.07) is 0. The van der Waals surface area contributed by atoms with Gasteiger partial charge in [-0.15, -0.1) is 0 Å². The average Bonchev–Trinajstić information content (AvgIpc) is 2.59. The van der Waals surface area contributed by atoms with Crippen molar-refractivity contribution in [3.8, 4) is 0 Å². The van der Waals surface area contributed by atoms with Crippen LogP contribution in [0.3, 0.4) is 0 Å². The summed E-state index contributed by atoms with van der Waals surface area (Å²) < 4.78 is 5.20. The van der Waals surface area contributed by atoms with Gasteiger partial charge < -0.3 is 10.3 Å². The van der Waals surface area contributed by atoms with Gasteiger partial charge in [-0.2, -0.15) is 0 Å². The molecule has 0 aliphatic rings. The highest BCUT2D eigenvalue weighted by atomic mass is 16.5. The second kappa shape index (κ2) is 5.65. The van der Waals surface area contributed by atoms with E-state index in [4.69, 9.17) is 10.3 Å². The van der Waals surface area contributed by atoms with Gasteiger partial charge in [-0.25, -0.2) is 0 Å². The quantitative estimate of drug-likeness (QED) is 0.826. The lowest BCUT2D eigenvalue weighted by Crippen LogP contribution is -2.38. The van der Waals surface area contributed by atoms with Crippen molar-refractivity contribution in [2.75, 3.05) is 19.6 Å². The first-order valence-electron chi connectivity index (χ1n) is 6.24. The van der Waals surface area contributed by atoms with Gasteiger partial charge in [0.05, 0.1) is 5.69 Å². The second-order valence-corrected chi connectivity index (χ2v) is 5.47. The van der Waals surface area contributed by atoms with Crippen molar-refractivity contribution in [1.82, 2.24) is 10.1 Å². The molecule has 0 radical (unpaired) electrons. The molecule has 98 valence electrons. The summed E-state index contributed by atoms with van der Waals surface area (Å²) in [7, 11) is 0. The average molecular weight is 239 g/mol. The molecule has 0 saturated carbocycles. The van der Waals surface area contributed by atoms with E-state index in [0.717, 1.165) is 31.1 Å². The summed E-state index contributed by atoms with van der Waals surface area (Å²) in [6.07, 6.45) is 0. The Morgan fingerprint density at radius 1 is 1.35 bits per heavy atom. The van der Waals surface area contributed by atoms with Gasteiger partial charge in [-0.05, 0) is 32.4 Å². The number of rotatable bonds is 6. The maximum absolute atomic E-state index is 5.78. The van der Waals surface area contributed by atoms with Crippen molar-refractivity contribution in [3.05, 3.63) is 17.0 Å². The number of hydrogen-bond acceptors (Lipinski definition) is 4. The monoisotopic (exact) mass is 239 g/mol. The number of nitrogens with two attached hydrogens (primary N) is 1. The van der Waals surface area contributed by atoms with E-state index in [2.05, 4.69) is 30.8 Å². The molecule has 0 atom stereocenters. The van der Waals surface area contributed by atoms with E-state index in [0.29, 0.717) is 6.54 Å². The molecule has 0 fully saturated rings. The van der Waals surface area contributed by atoms with E-state index < -0.39 is 0 Å². The van der Waals surface area contributed by atoms with Gasteiger partial charge in [0.1, 0.15) is 5.76 Å². The predicted molar refractivity (Wildman–Crippen MR) is 69.8 cm³/mol. The molecule has 1 aromatic rings. The fourth-order valence-corrected chi connectivity index (χ4v) is 1.90. The molecular formula is C13H25N3O. The van der Waals surface area contributed by atoms with E-state index in [9.17, 15) is 0 Å². The van der Waals surface area contributed by atoms with Gasteiger partial charge in [0.2, 0.25) is 0 Å². The SMILES string of the molecule is CCN(Cc1c(C)noc1C)CC(C)(C)CN. The molecule has 17 heavy (non-hydrogen) atoms. The maximum atomic E-state index is 5.78.